The predicted molar refractivity (Wildman–Crippen MR) is 58.0 cm³/mol. The molecule has 0 spiro atoms. The Bertz CT molecular complexity index is 354. The van der Waals surface area contributed by atoms with Gasteiger partial charge >= 0.3 is 6.18 Å². The first-order valence-electron chi connectivity index (χ1n) is 4.33. The maximum absolute atomic E-state index is 12.3. The average Bonchev–Trinajstić information content (AvgIpc) is 2.15. The van der Waals surface area contributed by atoms with Crippen LogP contribution in [0.15, 0.2) is 18.2 Å². The van der Waals surface area contributed by atoms with E-state index >= 15 is 0 Å². The molecule has 1 aromatic rings. The lowest BCUT2D eigenvalue weighted by Gasteiger charge is -2.18. The van der Waals surface area contributed by atoms with Gasteiger partial charge in [0.2, 0.25) is 0 Å². The fourth-order valence-corrected chi connectivity index (χ4v) is 1.30. The number of benzene rings is 1. The summed E-state index contributed by atoms with van der Waals surface area (Å²) in [5.41, 5.74) is 5.64. The first-order valence-corrected chi connectivity index (χ1v) is 4.33. The van der Waals surface area contributed by atoms with Gasteiger partial charge in [-0.25, -0.2) is 0 Å². The molecule has 1 atom stereocenters. The van der Waals surface area contributed by atoms with Crippen LogP contribution in [0.5, 0.6) is 5.75 Å². The van der Waals surface area contributed by atoms with Crippen LogP contribution in [0.25, 0.3) is 0 Å². The lowest BCUT2D eigenvalue weighted by molar-refractivity contribution is -0.149. The van der Waals surface area contributed by atoms with E-state index in [2.05, 4.69) is 0 Å². The van der Waals surface area contributed by atoms with Crippen LogP contribution in [0.2, 0.25) is 0 Å². The van der Waals surface area contributed by atoms with Gasteiger partial charge in [0.25, 0.3) is 0 Å². The van der Waals surface area contributed by atoms with Crippen molar-refractivity contribution in [2.45, 2.75) is 19.1 Å². The summed E-state index contributed by atoms with van der Waals surface area (Å²) in [5, 5.41) is 0. The molecule has 2 nitrogen and oxygen atoms in total. The molecule has 2 N–H and O–H groups in total. The Morgan fingerprint density at radius 3 is 2.25 bits per heavy atom. The number of hydrogen-bond acceptors (Lipinski definition) is 2. The van der Waals surface area contributed by atoms with Crippen LogP contribution in [0.3, 0.4) is 0 Å². The number of halogens is 4. The minimum atomic E-state index is -4.42. The summed E-state index contributed by atoms with van der Waals surface area (Å²) in [4.78, 5) is 0. The summed E-state index contributed by atoms with van der Waals surface area (Å²) in [6, 6.07) is 2.39. The van der Waals surface area contributed by atoms with Crippen molar-refractivity contribution >= 4 is 12.4 Å². The topological polar surface area (TPSA) is 35.2 Å². The van der Waals surface area contributed by atoms with E-state index in [1.165, 1.54) is 25.3 Å². The van der Waals surface area contributed by atoms with E-state index in [1.807, 2.05) is 0 Å². The van der Waals surface area contributed by atoms with Crippen LogP contribution in [-0.2, 0) is 0 Å². The van der Waals surface area contributed by atoms with Crippen LogP contribution in [0, 0.1) is 6.92 Å². The van der Waals surface area contributed by atoms with Crippen LogP contribution in [0.1, 0.15) is 17.2 Å². The first-order chi connectivity index (χ1) is 6.86. The van der Waals surface area contributed by atoms with Gasteiger partial charge in [-0.05, 0) is 30.2 Å². The molecule has 92 valence electrons. The fourth-order valence-electron chi connectivity index (χ4n) is 1.30. The highest BCUT2D eigenvalue weighted by Gasteiger charge is 2.38. The Morgan fingerprint density at radius 2 is 1.88 bits per heavy atom. The largest absolute Gasteiger partial charge is 0.497 e. The second kappa shape index (κ2) is 5.41. The molecule has 6 heteroatoms. The molecule has 0 amide bonds. The molecule has 0 bridgehead atoms. The van der Waals surface area contributed by atoms with E-state index in [0.29, 0.717) is 11.3 Å². The predicted octanol–water partition coefficient (Wildman–Crippen LogP) is 2.99. The zero-order chi connectivity index (χ0) is 11.6. The molecule has 0 aromatic heterocycles. The highest BCUT2D eigenvalue weighted by atomic mass is 35.5. The molecule has 1 rings (SSSR count). The van der Waals surface area contributed by atoms with E-state index in [9.17, 15) is 13.2 Å². The second-order valence-corrected chi connectivity index (χ2v) is 3.24. The molecule has 0 aliphatic rings. The van der Waals surface area contributed by atoms with Crippen molar-refractivity contribution in [1.82, 2.24) is 0 Å². The molecule has 0 unspecified atom stereocenters. The molecule has 0 aliphatic carbocycles. The Labute approximate surface area is 98.0 Å². The Hall–Kier alpha value is -0.940. The molecule has 0 fully saturated rings. The summed E-state index contributed by atoms with van der Waals surface area (Å²) in [5.74, 6) is 0.519. The number of nitrogens with two attached hydrogens (primary N) is 1. The first kappa shape index (κ1) is 15.1. The van der Waals surface area contributed by atoms with Crippen molar-refractivity contribution in [3.05, 3.63) is 29.3 Å². The fraction of sp³-hybridized carbons (Fsp3) is 0.400. The molecule has 0 saturated carbocycles. The highest BCUT2D eigenvalue weighted by Crippen LogP contribution is 2.33. The van der Waals surface area contributed by atoms with Crippen molar-refractivity contribution in [3.63, 3.8) is 0 Å². The van der Waals surface area contributed by atoms with Gasteiger partial charge in [-0.1, -0.05) is 6.07 Å². The van der Waals surface area contributed by atoms with Gasteiger partial charge in [0.1, 0.15) is 11.8 Å². The quantitative estimate of drug-likeness (QED) is 0.882. The van der Waals surface area contributed by atoms with Crippen LogP contribution in [-0.4, -0.2) is 13.3 Å². The van der Waals surface area contributed by atoms with Crippen LogP contribution < -0.4 is 10.5 Å². The van der Waals surface area contributed by atoms with Gasteiger partial charge in [-0.2, -0.15) is 13.2 Å². The zero-order valence-electron chi connectivity index (χ0n) is 8.84. The number of ether oxygens (including phenoxy) is 1. The lowest BCUT2D eigenvalue weighted by atomic mass is 10.0. The van der Waals surface area contributed by atoms with Crippen LogP contribution >= 0.6 is 12.4 Å². The van der Waals surface area contributed by atoms with Gasteiger partial charge in [0.15, 0.2) is 0 Å². The molecular weight excluding hydrogens is 243 g/mol. The monoisotopic (exact) mass is 255 g/mol. The average molecular weight is 256 g/mol. The van der Waals surface area contributed by atoms with Gasteiger partial charge < -0.3 is 10.5 Å². The number of alkyl halides is 3. The van der Waals surface area contributed by atoms with Crippen LogP contribution in [0.4, 0.5) is 13.2 Å². The van der Waals surface area contributed by atoms with E-state index in [4.69, 9.17) is 10.5 Å². The van der Waals surface area contributed by atoms with Crippen molar-refractivity contribution in [2.75, 3.05) is 7.11 Å². The third-order valence-electron chi connectivity index (χ3n) is 2.16. The van der Waals surface area contributed by atoms with Gasteiger partial charge in [-0.15, -0.1) is 12.4 Å². The van der Waals surface area contributed by atoms with Crippen molar-refractivity contribution < 1.29 is 17.9 Å². The number of aryl methyl sites for hydroxylation is 1. The highest BCUT2D eigenvalue weighted by molar-refractivity contribution is 5.85. The molecule has 0 heterocycles. The molecule has 0 radical (unpaired) electrons. The maximum atomic E-state index is 12.3. The van der Waals surface area contributed by atoms with E-state index < -0.39 is 12.2 Å². The van der Waals surface area contributed by atoms with Crippen molar-refractivity contribution in [2.24, 2.45) is 5.73 Å². The smallest absolute Gasteiger partial charge is 0.407 e. The zero-order valence-corrected chi connectivity index (χ0v) is 9.65. The summed E-state index contributed by atoms with van der Waals surface area (Å²) < 4.78 is 41.9. The molecule has 0 aliphatic heterocycles. The summed E-state index contributed by atoms with van der Waals surface area (Å²) in [6.07, 6.45) is -4.42. The molecule has 0 saturated heterocycles. The van der Waals surface area contributed by atoms with E-state index in [-0.39, 0.29) is 18.0 Å². The minimum Gasteiger partial charge on any atom is -0.497 e. The SMILES string of the molecule is COc1ccc([C@@H](N)C(F)(F)F)c(C)c1.Cl. The maximum Gasteiger partial charge on any atom is 0.407 e. The molecule has 1 aromatic carbocycles. The number of rotatable bonds is 2. The molecule has 16 heavy (non-hydrogen) atoms. The second-order valence-electron chi connectivity index (χ2n) is 3.24. The third-order valence-corrected chi connectivity index (χ3v) is 2.16. The number of hydrogen-bond donors (Lipinski definition) is 1. The third kappa shape index (κ3) is 3.28. The Balaban J connectivity index is 0.00000225. The minimum absolute atomic E-state index is 0. The van der Waals surface area contributed by atoms with Crippen molar-refractivity contribution in [3.8, 4) is 5.75 Å². The standard InChI is InChI=1S/C10H12F3NO.ClH/c1-6-5-7(15-2)3-4-8(6)9(14)10(11,12)13;/h3-5,9H,14H2,1-2H3;1H/t9-;/m1./s1. The summed E-state index contributed by atoms with van der Waals surface area (Å²) in [7, 11) is 1.46. The Kier molecular flexibility index (Phi) is 5.09. The van der Waals surface area contributed by atoms with Gasteiger partial charge in [0.05, 0.1) is 7.11 Å². The molecular formula is C10H13ClF3NO. The Morgan fingerprint density at radius 1 is 1.31 bits per heavy atom. The summed E-state index contributed by atoms with van der Waals surface area (Å²) >= 11 is 0. The number of methoxy groups -OCH3 is 1. The lowest BCUT2D eigenvalue weighted by Crippen LogP contribution is -2.29. The van der Waals surface area contributed by atoms with E-state index in [0.717, 1.165) is 0 Å². The normalized spacial score (nSPS) is 12.9. The summed E-state index contributed by atoms with van der Waals surface area (Å²) in [6.45, 7) is 1.57. The van der Waals surface area contributed by atoms with Crippen molar-refractivity contribution in [1.29, 1.82) is 0 Å². The van der Waals surface area contributed by atoms with Gasteiger partial charge in [0, 0.05) is 0 Å². The van der Waals surface area contributed by atoms with Gasteiger partial charge in [-0.3, -0.25) is 0 Å². The van der Waals surface area contributed by atoms with E-state index in [1.54, 1.807) is 6.92 Å².